The highest BCUT2D eigenvalue weighted by molar-refractivity contribution is 5.94. The van der Waals surface area contributed by atoms with Crippen molar-refractivity contribution in [3.8, 4) is 6.07 Å². The predicted molar refractivity (Wildman–Crippen MR) is 79.3 cm³/mol. The van der Waals surface area contributed by atoms with Crippen LogP contribution < -0.4 is 0 Å². The van der Waals surface area contributed by atoms with Crippen LogP contribution >= 0.6 is 0 Å². The van der Waals surface area contributed by atoms with Crippen molar-refractivity contribution in [3.05, 3.63) is 35.4 Å². The molecule has 20 heavy (non-hydrogen) atoms. The zero-order chi connectivity index (χ0) is 14.8. The zero-order valence-corrected chi connectivity index (χ0v) is 12.5. The van der Waals surface area contributed by atoms with E-state index in [-0.39, 0.29) is 5.91 Å². The van der Waals surface area contributed by atoms with Gasteiger partial charge in [0.25, 0.3) is 5.91 Å². The van der Waals surface area contributed by atoms with Gasteiger partial charge in [-0.3, -0.25) is 4.79 Å². The van der Waals surface area contributed by atoms with E-state index in [1.54, 1.807) is 24.3 Å². The number of rotatable bonds is 2. The third-order valence-corrected chi connectivity index (χ3v) is 4.44. The summed E-state index contributed by atoms with van der Waals surface area (Å²) in [5, 5.41) is 8.78. The lowest BCUT2D eigenvalue weighted by molar-refractivity contribution is 0.0635. The quantitative estimate of drug-likeness (QED) is 0.824. The summed E-state index contributed by atoms with van der Waals surface area (Å²) in [7, 11) is 1.89. The maximum Gasteiger partial charge on any atom is 0.253 e. The summed E-state index contributed by atoms with van der Waals surface area (Å²) in [6.07, 6.45) is 4.49. The average Bonchev–Trinajstić information content (AvgIpc) is 2.46. The number of hydrogen-bond donors (Lipinski definition) is 0. The van der Waals surface area contributed by atoms with Crippen LogP contribution in [0.15, 0.2) is 24.3 Å². The molecule has 2 rings (SSSR count). The Morgan fingerprint density at radius 1 is 1.25 bits per heavy atom. The van der Waals surface area contributed by atoms with Crippen molar-refractivity contribution in [3.63, 3.8) is 0 Å². The van der Waals surface area contributed by atoms with Crippen LogP contribution in [0, 0.1) is 16.7 Å². The summed E-state index contributed by atoms with van der Waals surface area (Å²) in [6.45, 7) is 4.59. The van der Waals surface area contributed by atoms with Crippen molar-refractivity contribution < 1.29 is 4.79 Å². The largest absolute Gasteiger partial charge is 0.339 e. The van der Waals surface area contributed by atoms with Crippen LogP contribution in [0.2, 0.25) is 0 Å². The van der Waals surface area contributed by atoms with Crippen molar-refractivity contribution in [2.75, 3.05) is 7.05 Å². The fraction of sp³-hybridized carbons (Fsp3) is 0.529. The van der Waals surface area contributed by atoms with Gasteiger partial charge in [-0.15, -0.1) is 0 Å². The number of benzene rings is 1. The number of hydrogen-bond acceptors (Lipinski definition) is 2. The number of amides is 1. The number of carbonyl (C=O) groups excluding carboxylic acids is 1. The molecule has 0 N–H and O–H groups in total. The first-order chi connectivity index (χ1) is 9.43. The van der Waals surface area contributed by atoms with Crippen molar-refractivity contribution in [1.82, 2.24) is 4.90 Å². The van der Waals surface area contributed by atoms with E-state index in [9.17, 15) is 4.79 Å². The first-order valence-electron chi connectivity index (χ1n) is 7.20. The van der Waals surface area contributed by atoms with Crippen LogP contribution in [-0.4, -0.2) is 23.9 Å². The molecular formula is C17H22N2O. The van der Waals surface area contributed by atoms with Gasteiger partial charge in [-0.2, -0.15) is 5.26 Å². The second kappa shape index (κ2) is 5.66. The second-order valence-electron chi connectivity index (χ2n) is 6.50. The van der Waals surface area contributed by atoms with E-state index in [1.165, 1.54) is 12.8 Å². The maximum absolute atomic E-state index is 12.4. The summed E-state index contributed by atoms with van der Waals surface area (Å²) in [4.78, 5) is 14.3. The van der Waals surface area contributed by atoms with Crippen LogP contribution in [0.3, 0.4) is 0 Å². The zero-order valence-electron chi connectivity index (χ0n) is 12.5. The van der Waals surface area contributed by atoms with Gasteiger partial charge in [0, 0.05) is 18.7 Å². The summed E-state index contributed by atoms with van der Waals surface area (Å²) < 4.78 is 0. The van der Waals surface area contributed by atoms with E-state index in [1.807, 2.05) is 11.9 Å². The van der Waals surface area contributed by atoms with Gasteiger partial charge in [0.15, 0.2) is 0 Å². The van der Waals surface area contributed by atoms with Crippen molar-refractivity contribution in [2.24, 2.45) is 5.41 Å². The predicted octanol–water partition coefficient (Wildman–Crippen LogP) is 3.60. The van der Waals surface area contributed by atoms with Crippen LogP contribution in [0.5, 0.6) is 0 Å². The van der Waals surface area contributed by atoms with E-state index < -0.39 is 0 Å². The molecular weight excluding hydrogens is 248 g/mol. The molecule has 0 atom stereocenters. The summed E-state index contributed by atoms with van der Waals surface area (Å²) in [5.74, 6) is 0.0548. The molecule has 0 unspecified atom stereocenters. The van der Waals surface area contributed by atoms with Gasteiger partial charge in [0.2, 0.25) is 0 Å². The van der Waals surface area contributed by atoms with Crippen LogP contribution in [0.1, 0.15) is 55.5 Å². The fourth-order valence-electron chi connectivity index (χ4n) is 2.83. The van der Waals surface area contributed by atoms with Gasteiger partial charge >= 0.3 is 0 Å². The smallest absolute Gasteiger partial charge is 0.253 e. The monoisotopic (exact) mass is 270 g/mol. The third kappa shape index (κ3) is 3.19. The molecule has 1 aromatic carbocycles. The number of carbonyl (C=O) groups is 1. The third-order valence-electron chi connectivity index (χ3n) is 4.44. The van der Waals surface area contributed by atoms with Crippen LogP contribution in [-0.2, 0) is 0 Å². The Morgan fingerprint density at radius 2 is 1.80 bits per heavy atom. The average molecular weight is 270 g/mol. The van der Waals surface area contributed by atoms with Gasteiger partial charge in [0.05, 0.1) is 11.6 Å². The van der Waals surface area contributed by atoms with Crippen molar-refractivity contribution in [1.29, 1.82) is 5.26 Å². The Balaban J connectivity index is 2.03. The van der Waals surface area contributed by atoms with Gasteiger partial charge in [-0.05, 0) is 55.4 Å². The molecule has 0 bridgehead atoms. The normalized spacial score (nSPS) is 18.3. The first-order valence-corrected chi connectivity index (χ1v) is 7.20. The molecule has 106 valence electrons. The highest BCUT2D eigenvalue weighted by Crippen LogP contribution is 2.36. The molecule has 1 fully saturated rings. The molecule has 1 saturated carbocycles. The first kappa shape index (κ1) is 14.6. The van der Waals surface area contributed by atoms with Gasteiger partial charge in [0.1, 0.15) is 0 Å². The molecule has 0 heterocycles. The lowest BCUT2D eigenvalue weighted by Crippen LogP contribution is -2.40. The van der Waals surface area contributed by atoms with E-state index in [4.69, 9.17) is 5.26 Å². The highest BCUT2D eigenvalue weighted by Gasteiger charge is 2.30. The van der Waals surface area contributed by atoms with Crippen molar-refractivity contribution in [2.45, 2.75) is 45.6 Å². The summed E-state index contributed by atoms with van der Waals surface area (Å²) >= 11 is 0. The van der Waals surface area contributed by atoms with E-state index in [2.05, 4.69) is 19.9 Å². The van der Waals surface area contributed by atoms with Gasteiger partial charge in [-0.25, -0.2) is 0 Å². The Morgan fingerprint density at radius 3 is 2.30 bits per heavy atom. The molecule has 0 aromatic heterocycles. The topological polar surface area (TPSA) is 44.1 Å². The fourth-order valence-corrected chi connectivity index (χ4v) is 2.83. The SMILES string of the molecule is CN(C(=O)c1ccc(C#N)cc1)C1CCC(C)(C)CC1. The Hall–Kier alpha value is -1.82. The molecule has 0 aliphatic heterocycles. The minimum atomic E-state index is 0.0548. The molecule has 3 nitrogen and oxygen atoms in total. The van der Waals surface area contributed by atoms with Crippen LogP contribution in [0.4, 0.5) is 0 Å². The van der Waals surface area contributed by atoms with Gasteiger partial charge < -0.3 is 4.90 Å². The molecule has 1 aliphatic carbocycles. The van der Waals surface area contributed by atoms with Crippen LogP contribution in [0.25, 0.3) is 0 Å². The minimum absolute atomic E-state index is 0.0548. The highest BCUT2D eigenvalue weighted by atomic mass is 16.2. The summed E-state index contributed by atoms with van der Waals surface area (Å²) in [5.41, 5.74) is 1.66. The lowest BCUT2D eigenvalue weighted by Gasteiger charge is -2.38. The number of nitriles is 1. The van der Waals surface area contributed by atoms with E-state index in [0.717, 1.165) is 12.8 Å². The molecule has 1 amide bonds. The molecule has 0 spiro atoms. The molecule has 1 aliphatic rings. The summed E-state index contributed by atoms with van der Waals surface area (Å²) in [6, 6.07) is 9.29. The Bertz CT molecular complexity index is 515. The maximum atomic E-state index is 12.4. The molecule has 0 saturated heterocycles. The molecule has 3 heteroatoms. The minimum Gasteiger partial charge on any atom is -0.339 e. The Labute approximate surface area is 121 Å². The second-order valence-corrected chi connectivity index (χ2v) is 6.50. The molecule has 1 aromatic rings. The van der Waals surface area contributed by atoms with E-state index in [0.29, 0.717) is 22.6 Å². The van der Waals surface area contributed by atoms with Gasteiger partial charge in [-0.1, -0.05) is 13.8 Å². The molecule has 0 radical (unpaired) electrons. The lowest BCUT2D eigenvalue weighted by atomic mass is 9.75. The Kier molecular flexibility index (Phi) is 4.13. The van der Waals surface area contributed by atoms with E-state index >= 15 is 0 Å². The van der Waals surface area contributed by atoms with Crippen molar-refractivity contribution >= 4 is 5.91 Å². The number of nitrogens with zero attached hydrogens (tertiary/aromatic N) is 2. The standard InChI is InChI=1S/C17H22N2O/c1-17(2)10-8-15(9-11-17)19(3)16(20)14-6-4-13(12-18)5-7-14/h4-7,15H,8-11H2,1-3H3.